The number of carbonyl (C=O) groups is 1. The summed E-state index contributed by atoms with van der Waals surface area (Å²) in [6.07, 6.45) is 3.01. The molecule has 1 aromatic heterocycles. The van der Waals surface area contributed by atoms with Gasteiger partial charge in [0.05, 0.1) is 5.69 Å². The lowest BCUT2D eigenvalue weighted by molar-refractivity contribution is 0.0779. The third-order valence-electron chi connectivity index (χ3n) is 2.86. The maximum absolute atomic E-state index is 11.9. The molecular formula is C13H21NO. The van der Waals surface area contributed by atoms with Crippen molar-refractivity contribution >= 4 is 5.78 Å². The Labute approximate surface area is 92.3 Å². The summed E-state index contributed by atoms with van der Waals surface area (Å²) >= 11 is 0. The summed E-state index contributed by atoms with van der Waals surface area (Å²) in [7, 11) is 0. The highest BCUT2D eigenvalue weighted by Gasteiger charge is 2.34. The highest BCUT2D eigenvalue weighted by molar-refractivity contribution is 5.99. The fraction of sp³-hybridized carbons (Fsp3) is 0.615. The van der Waals surface area contributed by atoms with Crippen LogP contribution in [-0.4, -0.2) is 10.4 Å². The SMILES string of the molecule is CC.Cc1cc2n(c1)CCC(C)(C)C2=O. The zero-order valence-electron chi connectivity index (χ0n) is 10.4. The van der Waals surface area contributed by atoms with Gasteiger partial charge in [-0.2, -0.15) is 0 Å². The fourth-order valence-electron chi connectivity index (χ4n) is 1.89. The largest absolute Gasteiger partial charge is 0.345 e. The van der Waals surface area contributed by atoms with Gasteiger partial charge >= 0.3 is 0 Å². The monoisotopic (exact) mass is 207 g/mol. The number of aryl methyl sites for hydroxylation is 2. The topological polar surface area (TPSA) is 22.0 Å². The normalized spacial score (nSPS) is 17.8. The van der Waals surface area contributed by atoms with E-state index in [1.807, 2.05) is 40.7 Å². The maximum Gasteiger partial charge on any atom is 0.184 e. The Bertz CT molecular complexity index is 361. The van der Waals surface area contributed by atoms with Gasteiger partial charge in [0.25, 0.3) is 0 Å². The van der Waals surface area contributed by atoms with Crippen LogP contribution in [0.5, 0.6) is 0 Å². The van der Waals surface area contributed by atoms with Crippen LogP contribution in [0.15, 0.2) is 12.3 Å². The van der Waals surface area contributed by atoms with E-state index >= 15 is 0 Å². The van der Waals surface area contributed by atoms with Gasteiger partial charge in [0.1, 0.15) is 0 Å². The first-order valence-electron chi connectivity index (χ1n) is 5.72. The lowest BCUT2D eigenvalue weighted by atomic mass is 9.81. The van der Waals surface area contributed by atoms with Crippen molar-refractivity contribution < 1.29 is 4.79 Å². The Hall–Kier alpha value is -1.05. The molecule has 1 aliphatic rings. The van der Waals surface area contributed by atoms with E-state index in [1.165, 1.54) is 5.56 Å². The minimum Gasteiger partial charge on any atom is -0.345 e. The van der Waals surface area contributed by atoms with Crippen LogP contribution in [0.4, 0.5) is 0 Å². The van der Waals surface area contributed by atoms with Crippen molar-refractivity contribution in [2.24, 2.45) is 5.41 Å². The molecule has 0 fully saturated rings. The molecule has 0 N–H and O–H groups in total. The Morgan fingerprint density at radius 3 is 2.53 bits per heavy atom. The standard InChI is InChI=1S/C11H15NO.C2H6/c1-8-6-9-10(13)11(2,3)4-5-12(9)7-8;1-2/h6-7H,4-5H2,1-3H3;1-2H3. The summed E-state index contributed by atoms with van der Waals surface area (Å²) in [6, 6.07) is 1.99. The Kier molecular flexibility index (Phi) is 3.38. The van der Waals surface area contributed by atoms with E-state index in [0.29, 0.717) is 0 Å². The molecule has 0 aliphatic carbocycles. The molecule has 0 saturated carbocycles. The predicted molar refractivity (Wildman–Crippen MR) is 63.2 cm³/mol. The molecule has 0 saturated heterocycles. The summed E-state index contributed by atoms with van der Waals surface area (Å²) < 4.78 is 2.07. The number of Topliss-reactive ketones (excluding diaryl/α,β-unsaturated/α-hetero) is 1. The maximum atomic E-state index is 11.9. The molecule has 2 heteroatoms. The molecule has 1 aliphatic heterocycles. The quantitative estimate of drug-likeness (QED) is 0.638. The molecule has 0 unspecified atom stereocenters. The molecule has 15 heavy (non-hydrogen) atoms. The molecule has 2 nitrogen and oxygen atoms in total. The van der Waals surface area contributed by atoms with Gasteiger partial charge in [0.15, 0.2) is 5.78 Å². The van der Waals surface area contributed by atoms with Crippen LogP contribution in [0.25, 0.3) is 0 Å². The first-order chi connectivity index (χ1) is 7.00. The van der Waals surface area contributed by atoms with E-state index in [1.54, 1.807) is 0 Å². The molecule has 0 radical (unpaired) electrons. The zero-order chi connectivity index (χ0) is 11.6. The van der Waals surface area contributed by atoms with E-state index in [-0.39, 0.29) is 11.2 Å². The molecule has 0 bridgehead atoms. The summed E-state index contributed by atoms with van der Waals surface area (Å²) in [5, 5.41) is 0. The van der Waals surface area contributed by atoms with Crippen LogP contribution in [0.1, 0.15) is 50.2 Å². The van der Waals surface area contributed by atoms with Crippen molar-refractivity contribution in [1.29, 1.82) is 0 Å². The second-order valence-electron chi connectivity index (χ2n) is 4.56. The minimum absolute atomic E-state index is 0.166. The second-order valence-corrected chi connectivity index (χ2v) is 4.56. The number of ketones is 1. The van der Waals surface area contributed by atoms with Crippen LogP contribution in [0.2, 0.25) is 0 Å². The van der Waals surface area contributed by atoms with E-state index in [4.69, 9.17) is 0 Å². The first kappa shape index (κ1) is 12.0. The minimum atomic E-state index is -0.166. The van der Waals surface area contributed by atoms with E-state index in [2.05, 4.69) is 10.8 Å². The number of hydrogen-bond acceptors (Lipinski definition) is 1. The molecular weight excluding hydrogens is 186 g/mol. The zero-order valence-corrected chi connectivity index (χ0v) is 10.4. The van der Waals surface area contributed by atoms with Crippen LogP contribution < -0.4 is 0 Å². The summed E-state index contributed by atoms with van der Waals surface area (Å²) in [5.74, 6) is 0.284. The van der Waals surface area contributed by atoms with Crippen molar-refractivity contribution in [3.63, 3.8) is 0 Å². The number of nitrogens with zero attached hydrogens (tertiary/aromatic N) is 1. The highest BCUT2D eigenvalue weighted by Crippen LogP contribution is 2.32. The third-order valence-corrected chi connectivity index (χ3v) is 2.86. The van der Waals surface area contributed by atoms with Crippen LogP contribution in [0, 0.1) is 12.3 Å². The molecule has 84 valence electrons. The Morgan fingerprint density at radius 1 is 1.33 bits per heavy atom. The molecule has 0 aromatic carbocycles. The number of fused-ring (bicyclic) bond motifs is 1. The van der Waals surface area contributed by atoms with Gasteiger partial charge in [-0.1, -0.05) is 27.7 Å². The first-order valence-corrected chi connectivity index (χ1v) is 5.72. The molecule has 0 amide bonds. The Morgan fingerprint density at radius 2 is 1.93 bits per heavy atom. The van der Waals surface area contributed by atoms with Gasteiger partial charge in [-0.05, 0) is 25.0 Å². The number of rotatable bonds is 0. The van der Waals surface area contributed by atoms with Gasteiger partial charge in [-0.15, -0.1) is 0 Å². The van der Waals surface area contributed by atoms with Crippen molar-refractivity contribution in [2.45, 2.75) is 47.6 Å². The van der Waals surface area contributed by atoms with E-state index in [0.717, 1.165) is 18.7 Å². The van der Waals surface area contributed by atoms with E-state index < -0.39 is 0 Å². The molecule has 1 aromatic rings. The van der Waals surface area contributed by atoms with Crippen molar-refractivity contribution in [1.82, 2.24) is 4.57 Å². The summed E-state index contributed by atoms with van der Waals surface area (Å²) in [4.78, 5) is 11.9. The van der Waals surface area contributed by atoms with E-state index in [9.17, 15) is 4.79 Å². The second kappa shape index (κ2) is 4.21. The lowest BCUT2D eigenvalue weighted by Crippen LogP contribution is -2.32. The molecule has 0 atom stereocenters. The van der Waals surface area contributed by atoms with Crippen molar-refractivity contribution in [2.75, 3.05) is 0 Å². The number of aromatic nitrogens is 1. The van der Waals surface area contributed by atoms with Gasteiger partial charge in [0, 0.05) is 18.2 Å². The average Bonchev–Trinajstić information content (AvgIpc) is 2.57. The van der Waals surface area contributed by atoms with Gasteiger partial charge in [-0.3, -0.25) is 4.79 Å². The van der Waals surface area contributed by atoms with Gasteiger partial charge in [0.2, 0.25) is 0 Å². The van der Waals surface area contributed by atoms with Crippen molar-refractivity contribution in [3.8, 4) is 0 Å². The average molecular weight is 207 g/mol. The summed E-state index contributed by atoms with van der Waals surface area (Å²) in [5.41, 5.74) is 1.90. The highest BCUT2D eigenvalue weighted by atomic mass is 16.1. The van der Waals surface area contributed by atoms with Crippen LogP contribution in [-0.2, 0) is 6.54 Å². The predicted octanol–water partition coefficient (Wildman–Crippen LogP) is 3.44. The lowest BCUT2D eigenvalue weighted by Gasteiger charge is -2.29. The number of hydrogen-bond donors (Lipinski definition) is 0. The molecule has 0 spiro atoms. The number of carbonyl (C=O) groups excluding carboxylic acids is 1. The molecule has 2 heterocycles. The summed E-state index contributed by atoms with van der Waals surface area (Å²) in [6.45, 7) is 11.1. The molecule has 2 rings (SSSR count). The van der Waals surface area contributed by atoms with Crippen LogP contribution >= 0.6 is 0 Å². The van der Waals surface area contributed by atoms with Gasteiger partial charge in [-0.25, -0.2) is 0 Å². The third kappa shape index (κ3) is 2.14. The smallest absolute Gasteiger partial charge is 0.184 e. The van der Waals surface area contributed by atoms with Gasteiger partial charge < -0.3 is 4.57 Å². The Balaban J connectivity index is 0.000000531. The fourth-order valence-corrected chi connectivity index (χ4v) is 1.89. The van der Waals surface area contributed by atoms with Crippen molar-refractivity contribution in [3.05, 3.63) is 23.5 Å². The van der Waals surface area contributed by atoms with Crippen LogP contribution in [0.3, 0.4) is 0 Å².